The first-order valence-electron chi connectivity index (χ1n) is 8.03. The van der Waals surface area contributed by atoms with Gasteiger partial charge in [0.25, 0.3) is 5.91 Å². The van der Waals surface area contributed by atoms with Gasteiger partial charge in [-0.1, -0.05) is 18.2 Å². The first-order valence-corrected chi connectivity index (χ1v) is 8.03. The van der Waals surface area contributed by atoms with Crippen molar-refractivity contribution in [3.8, 4) is 17.2 Å². The zero-order valence-corrected chi connectivity index (χ0v) is 14.6. The molecule has 0 atom stereocenters. The normalized spacial score (nSPS) is 10.7. The third-order valence-electron chi connectivity index (χ3n) is 3.86. The zero-order chi connectivity index (χ0) is 19.4. The number of carbonyl (C=O) groups is 1. The molecule has 0 radical (unpaired) electrons. The van der Waals surface area contributed by atoms with Gasteiger partial charge in [-0.2, -0.15) is 13.9 Å². The highest BCUT2D eigenvalue weighted by molar-refractivity contribution is 6.04. The lowest BCUT2D eigenvalue weighted by Crippen LogP contribution is -2.13. The van der Waals surface area contributed by atoms with Gasteiger partial charge in [-0.15, -0.1) is 0 Å². The number of aromatic nitrogens is 2. The Morgan fingerprint density at radius 1 is 1.22 bits per heavy atom. The van der Waals surface area contributed by atoms with Crippen molar-refractivity contribution >= 4 is 11.6 Å². The van der Waals surface area contributed by atoms with Gasteiger partial charge in [-0.25, -0.2) is 4.68 Å². The van der Waals surface area contributed by atoms with Crippen LogP contribution in [0.4, 0.5) is 14.5 Å². The second-order valence-electron chi connectivity index (χ2n) is 5.65. The molecule has 0 spiro atoms. The second kappa shape index (κ2) is 7.86. The lowest BCUT2D eigenvalue weighted by molar-refractivity contribution is -0.0494. The summed E-state index contributed by atoms with van der Waals surface area (Å²) in [5, 5.41) is 6.75. The molecule has 0 unspecified atom stereocenters. The number of nitrogens with zero attached hydrogens (tertiary/aromatic N) is 2. The van der Waals surface area contributed by atoms with Gasteiger partial charge in [0, 0.05) is 12.3 Å². The van der Waals surface area contributed by atoms with E-state index in [9.17, 15) is 13.6 Å². The monoisotopic (exact) mass is 373 g/mol. The molecule has 0 aliphatic carbocycles. The lowest BCUT2D eigenvalue weighted by Gasteiger charge is -2.12. The highest BCUT2D eigenvalue weighted by atomic mass is 19.3. The van der Waals surface area contributed by atoms with Gasteiger partial charge in [0.2, 0.25) is 0 Å². The maximum absolute atomic E-state index is 12.6. The molecule has 27 heavy (non-hydrogen) atoms. The summed E-state index contributed by atoms with van der Waals surface area (Å²) in [5.74, 6) is -0.282. The van der Waals surface area contributed by atoms with E-state index < -0.39 is 12.5 Å². The summed E-state index contributed by atoms with van der Waals surface area (Å²) in [4.78, 5) is 12.5. The third-order valence-corrected chi connectivity index (χ3v) is 3.86. The van der Waals surface area contributed by atoms with E-state index in [0.29, 0.717) is 5.75 Å². The van der Waals surface area contributed by atoms with Crippen molar-refractivity contribution in [1.29, 1.82) is 0 Å². The lowest BCUT2D eigenvalue weighted by atomic mass is 10.2. The first-order chi connectivity index (χ1) is 13.0. The fourth-order valence-electron chi connectivity index (χ4n) is 2.52. The topological polar surface area (TPSA) is 65.4 Å². The number of carbonyl (C=O) groups excluding carboxylic acids is 1. The van der Waals surface area contributed by atoms with Crippen molar-refractivity contribution in [2.24, 2.45) is 0 Å². The highest BCUT2D eigenvalue weighted by Crippen LogP contribution is 2.31. The number of para-hydroxylation sites is 1. The van der Waals surface area contributed by atoms with Gasteiger partial charge < -0.3 is 14.8 Å². The fourth-order valence-corrected chi connectivity index (χ4v) is 2.52. The number of anilines is 1. The van der Waals surface area contributed by atoms with E-state index in [1.165, 1.54) is 31.5 Å². The van der Waals surface area contributed by atoms with Gasteiger partial charge in [0.1, 0.15) is 11.5 Å². The van der Waals surface area contributed by atoms with E-state index in [2.05, 4.69) is 15.2 Å². The predicted octanol–water partition coefficient (Wildman–Crippen LogP) is 4.04. The number of ether oxygens (including phenoxy) is 2. The number of halogens is 2. The van der Waals surface area contributed by atoms with E-state index >= 15 is 0 Å². The number of alkyl halides is 2. The van der Waals surface area contributed by atoms with Crippen LogP contribution < -0.4 is 14.8 Å². The standard InChI is InChI=1S/C19H17F2N3O3/c1-12-5-3-4-6-16(12)24-11-13(10-22-24)18(25)23-15-9-14(26-2)7-8-17(15)27-19(20)21/h3-11,19H,1-2H3,(H,23,25). The van der Waals surface area contributed by atoms with Crippen LogP contribution in [-0.4, -0.2) is 29.4 Å². The van der Waals surface area contributed by atoms with Crippen molar-refractivity contribution in [2.75, 3.05) is 12.4 Å². The molecule has 1 heterocycles. The van der Waals surface area contributed by atoms with Crippen LogP contribution in [0.15, 0.2) is 54.9 Å². The summed E-state index contributed by atoms with van der Waals surface area (Å²) in [6, 6.07) is 11.8. The maximum Gasteiger partial charge on any atom is 0.387 e. The average molecular weight is 373 g/mol. The molecular weight excluding hydrogens is 356 g/mol. The Morgan fingerprint density at radius 3 is 2.70 bits per heavy atom. The molecule has 0 saturated heterocycles. The number of hydrogen-bond acceptors (Lipinski definition) is 4. The molecule has 0 fully saturated rings. The third kappa shape index (κ3) is 4.22. The van der Waals surface area contributed by atoms with Crippen molar-refractivity contribution in [3.63, 3.8) is 0 Å². The molecule has 2 aromatic carbocycles. The minimum Gasteiger partial charge on any atom is -0.497 e. The van der Waals surface area contributed by atoms with Gasteiger partial charge in [0.15, 0.2) is 0 Å². The Kier molecular flexibility index (Phi) is 5.35. The Labute approximate surface area is 154 Å². The minimum atomic E-state index is -3.02. The number of aryl methyl sites for hydroxylation is 1. The molecule has 0 bridgehead atoms. The summed E-state index contributed by atoms with van der Waals surface area (Å²) in [5.41, 5.74) is 2.17. The Balaban J connectivity index is 1.85. The molecule has 8 heteroatoms. The van der Waals surface area contributed by atoms with Crippen LogP contribution in [0, 0.1) is 6.92 Å². The van der Waals surface area contributed by atoms with Crippen molar-refractivity contribution in [3.05, 3.63) is 66.0 Å². The average Bonchev–Trinajstić information content (AvgIpc) is 3.13. The van der Waals surface area contributed by atoms with Crippen LogP contribution >= 0.6 is 0 Å². The molecule has 1 N–H and O–H groups in total. The molecule has 6 nitrogen and oxygen atoms in total. The number of amides is 1. The molecule has 0 saturated carbocycles. The summed E-state index contributed by atoms with van der Waals surface area (Å²) in [6.45, 7) is -1.08. The summed E-state index contributed by atoms with van der Waals surface area (Å²) >= 11 is 0. The van der Waals surface area contributed by atoms with Crippen molar-refractivity contribution in [1.82, 2.24) is 9.78 Å². The van der Waals surface area contributed by atoms with E-state index in [0.717, 1.165) is 11.3 Å². The van der Waals surface area contributed by atoms with E-state index in [1.54, 1.807) is 10.9 Å². The van der Waals surface area contributed by atoms with E-state index in [1.807, 2.05) is 31.2 Å². The van der Waals surface area contributed by atoms with Gasteiger partial charge in [-0.05, 0) is 30.7 Å². The van der Waals surface area contributed by atoms with E-state index in [4.69, 9.17) is 4.74 Å². The number of methoxy groups -OCH3 is 1. The van der Waals surface area contributed by atoms with Crippen LogP contribution in [0.25, 0.3) is 5.69 Å². The number of hydrogen-bond donors (Lipinski definition) is 1. The molecule has 0 aliphatic heterocycles. The molecule has 140 valence electrons. The molecule has 0 aliphatic rings. The van der Waals surface area contributed by atoms with Gasteiger partial charge >= 0.3 is 6.61 Å². The van der Waals surface area contributed by atoms with Crippen LogP contribution in [0.3, 0.4) is 0 Å². The number of benzene rings is 2. The second-order valence-corrected chi connectivity index (χ2v) is 5.65. The van der Waals surface area contributed by atoms with Crippen LogP contribution in [0.1, 0.15) is 15.9 Å². The fraction of sp³-hybridized carbons (Fsp3) is 0.158. The quantitative estimate of drug-likeness (QED) is 0.708. The molecule has 3 rings (SSSR count). The predicted molar refractivity (Wildman–Crippen MR) is 95.9 cm³/mol. The minimum absolute atomic E-state index is 0.0725. The maximum atomic E-state index is 12.6. The van der Waals surface area contributed by atoms with Crippen LogP contribution in [-0.2, 0) is 0 Å². The van der Waals surface area contributed by atoms with Crippen molar-refractivity contribution < 1.29 is 23.0 Å². The van der Waals surface area contributed by atoms with Crippen LogP contribution in [0.2, 0.25) is 0 Å². The largest absolute Gasteiger partial charge is 0.497 e. The Bertz CT molecular complexity index is 957. The zero-order valence-electron chi connectivity index (χ0n) is 14.6. The number of nitrogens with one attached hydrogen (secondary N) is 1. The Hall–Kier alpha value is -3.42. The highest BCUT2D eigenvalue weighted by Gasteiger charge is 2.16. The summed E-state index contributed by atoms with van der Waals surface area (Å²) in [7, 11) is 1.43. The van der Waals surface area contributed by atoms with E-state index in [-0.39, 0.29) is 17.0 Å². The van der Waals surface area contributed by atoms with Crippen LogP contribution in [0.5, 0.6) is 11.5 Å². The molecule has 1 aromatic heterocycles. The molecular formula is C19H17F2N3O3. The first kappa shape index (κ1) is 18.4. The summed E-state index contributed by atoms with van der Waals surface area (Å²) < 4.78 is 36.3. The van der Waals surface area contributed by atoms with Gasteiger partial charge in [0.05, 0.1) is 30.2 Å². The van der Waals surface area contributed by atoms with Crippen molar-refractivity contribution in [2.45, 2.75) is 13.5 Å². The summed E-state index contributed by atoms with van der Waals surface area (Å²) in [6.07, 6.45) is 2.96. The number of rotatable bonds is 6. The Morgan fingerprint density at radius 2 is 2.00 bits per heavy atom. The smallest absolute Gasteiger partial charge is 0.387 e. The van der Waals surface area contributed by atoms with Gasteiger partial charge in [-0.3, -0.25) is 4.79 Å². The SMILES string of the molecule is COc1ccc(OC(F)F)c(NC(=O)c2cnn(-c3ccccc3C)c2)c1. The molecule has 3 aromatic rings. The molecule has 1 amide bonds.